The zero-order valence-electron chi connectivity index (χ0n) is 13.4. The summed E-state index contributed by atoms with van der Waals surface area (Å²) in [5.74, 6) is -1.74. The van der Waals surface area contributed by atoms with Crippen LogP contribution in [0.25, 0.3) is 0 Å². The molecule has 2 rings (SSSR count). The lowest BCUT2D eigenvalue weighted by Gasteiger charge is -2.26. The SMILES string of the molecule is CCOC(=O)[C@@](C#N)(C(O)=C1C=CC=CC1=[N+]([O-])[O-])c1ccccc1. The third-order valence-electron chi connectivity index (χ3n) is 3.67. The second kappa shape index (κ2) is 7.36. The number of carbonyl (C=O) groups is 1. The van der Waals surface area contributed by atoms with Crippen LogP contribution in [0.4, 0.5) is 0 Å². The standard InChI is InChI=1S/C18H15N2O5/c1-2-25-17(22)18(12-19,13-8-4-3-5-9-13)16(21)14-10-6-7-11-15(14)20(23)24/h3-11H,2H2,1H3,(H-,21,23,24)/q-1/t18-/m1/s1. The number of hydrogen-bond donors (Lipinski definition) is 1. The molecule has 0 radical (unpaired) electrons. The minimum Gasteiger partial charge on any atom is -0.612 e. The number of nitriles is 1. The van der Waals surface area contributed by atoms with Gasteiger partial charge in [-0.3, -0.25) is 0 Å². The first-order chi connectivity index (χ1) is 12.0. The Bertz CT molecular complexity index is 827. The Hall–Kier alpha value is -3.53. The highest BCUT2D eigenvalue weighted by Gasteiger charge is 2.49. The lowest BCUT2D eigenvalue weighted by molar-refractivity contribution is -0.377. The van der Waals surface area contributed by atoms with Crippen LogP contribution in [-0.4, -0.2) is 28.3 Å². The zero-order chi connectivity index (χ0) is 18.4. The van der Waals surface area contributed by atoms with Gasteiger partial charge < -0.3 is 20.3 Å². The van der Waals surface area contributed by atoms with Gasteiger partial charge in [-0.05, 0) is 18.6 Å². The van der Waals surface area contributed by atoms with E-state index in [9.17, 15) is 25.6 Å². The van der Waals surface area contributed by atoms with Crippen LogP contribution in [0.2, 0.25) is 0 Å². The van der Waals surface area contributed by atoms with Gasteiger partial charge in [-0.15, -0.1) is 0 Å². The van der Waals surface area contributed by atoms with E-state index >= 15 is 0 Å². The maximum atomic E-state index is 12.6. The topological polar surface area (TPSA) is 119 Å². The average Bonchev–Trinajstić information content (AvgIpc) is 2.63. The monoisotopic (exact) mass is 339 g/mol. The van der Waals surface area contributed by atoms with Crippen LogP contribution in [-0.2, 0) is 14.9 Å². The summed E-state index contributed by atoms with van der Waals surface area (Å²) in [6.07, 6.45) is 5.36. The van der Waals surface area contributed by atoms with Crippen LogP contribution >= 0.6 is 0 Å². The van der Waals surface area contributed by atoms with E-state index in [-0.39, 0.29) is 17.7 Å². The summed E-state index contributed by atoms with van der Waals surface area (Å²) >= 11 is 0. The van der Waals surface area contributed by atoms with Crippen molar-refractivity contribution in [3.05, 3.63) is 81.9 Å². The molecule has 0 saturated carbocycles. The molecular formula is C18H15N2O5-. The van der Waals surface area contributed by atoms with Gasteiger partial charge >= 0.3 is 5.97 Å². The molecule has 1 N–H and O–H groups in total. The molecule has 0 unspecified atom stereocenters. The van der Waals surface area contributed by atoms with Crippen molar-refractivity contribution in [3.8, 4) is 6.07 Å². The molecule has 1 aliphatic rings. The number of nitrogens with zero attached hydrogens (tertiary/aromatic N) is 2. The van der Waals surface area contributed by atoms with Gasteiger partial charge in [-0.2, -0.15) is 10.2 Å². The molecule has 128 valence electrons. The van der Waals surface area contributed by atoms with Gasteiger partial charge in [0.1, 0.15) is 5.76 Å². The number of hydrogen-bond acceptors (Lipinski definition) is 6. The highest BCUT2D eigenvalue weighted by Crippen LogP contribution is 2.35. The molecule has 0 spiro atoms. The van der Waals surface area contributed by atoms with Gasteiger partial charge in [0.2, 0.25) is 11.1 Å². The van der Waals surface area contributed by atoms with Crippen molar-refractivity contribution in [2.75, 3.05) is 6.61 Å². The van der Waals surface area contributed by atoms with E-state index in [1.807, 2.05) is 0 Å². The van der Waals surface area contributed by atoms with Crippen molar-refractivity contribution in [1.82, 2.24) is 0 Å². The Kier molecular flexibility index (Phi) is 5.25. The Labute approximate surface area is 144 Å². The molecule has 1 aromatic carbocycles. The smallest absolute Gasteiger partial charge is 0.339 e. The third kappa shape index (κ3) is 3.10. The quantitative estimate of drug-likeness (QED) is 0.389. The summed E-state index contributed by atoms with van der Waals surface area (Å²) in [4.78, 5) is 11.9. The van der Waals surface area contributed by atoms with Gasteiger partial charge in [0.05, 0.1) is 18.2 Å². The normalized spacial score (nSPS) is 17.4. The molecule has 7 heteroatoms. The van der Waals surface area contributed by atoms with E-state index in [1.54, 1.807) is 31.2 Å². The van der Waals surface area contributed by atoms with Crippen LogP contribution in [0, 0.1) is 21.7 Å². The molecule has 1 aliphatic carbocycles. The number of aliphatic hydroxyl groups excluding tert-OH is 1. The molecule has 0 aliphatic heterocycles. The van der Waals surface area contributed by atoms with Gasteiger partial charge in [0.15, 0.2) is 0 Å². The largest absolute Gasteiger partial charge is 0.612 e. The van der Waals surface area contributed by atoms with Crippen molar-refractivity contribution in [2.45, 2.75) is 12.3 Å². The first kappa shape index (κ1) is 17.8. The Balaban J connectivity index is 2.80. The second-order valence-corrected chi connectivity index (χ2v) is 5.07. The van der Waals surface area contributed by atoms with E-state index < -0.39 is 27.8 Å². The maximum Gasteiger partial charge on any atom is 0.339 e. The van der Waals surface area contributed by atoms with Crippen LogP contribution in [0.5, 0.6) is 0 Å². The Morgan fingerprint density at radius 2 is 1.92 bits per heavy atom. The molecule has 0 saturated heterocycles. The highest BCUT2D eigenvalue weighted by molar-refractivity contribution is 6.10. The van der Waals surface area contributed by atoms with Crippen LogP contribution in [0.3, 0.4) is 0 Å². The summed E-state index contributed by atoms with van der Waals surface area (Å²) in [6, 6.07) is 9.61. The van der Waals surface area contributed by atoms with Crippen LogP contribution < -0.4 is 0 Å². The van der Waals surface area contributed by atoms with Crippen molar-refractivity contribution in [2.24, 2.45) is 0 Å². The molecule has 0 bridgehead atoms. The first-order valence-electron chi connectivity index (χ1n) is 7.43. The Morgan fingerprint density at radius 1 is 1.28 bits per heavy atom. The molecule has 0 heterocycles. The minimum atomic E-state index is -2.20. The van der Waals surface area contributed by atoms with Crippen LogP contribution in [0.15, 0.2) is 66.0 Å². The van der Waals surface area contributed by atoms with Gasteiger partial charge in [-0.25, -0.2) is 4.79 Å². The third-order valence-corrected chi connectivity index (χ3v) is 3.67. The van der Waals surface area contributed by atoms with Gasteiger partial charge in [0.25, 0.3) is 0 Å². The number of allylic oxidation sites excluding steroid dienone is 5. The number of esters is 1. The number of rotatable bonds is 4. The van der Waals surface area contributed by atoms with Crippen molar-refractivity contribution in [3.63, 3.8) is 0 Å². The van der Waals surface area contributed by atoms with E-state index in [4.69, 9.17) is 4.74 Å². The molecule has 7 nitrogen and oxygen atoms in total. The fraction of sp³-hybridized carbons (Fsp3) is 0.167. The Morgan fingerprint density at radius 3 is 2.48 bits per heavy atom. The van der Waals surface area contributed by atoms with E-state index in [0.717, 1.165) is 0 Å². The van der Waals surface area contributed by atoms with Crippen molar-refractivity contribution < 1.29 is 19.5 Å². The summed E-state index contributed by atoms with van der Waals surface area (Å²) in [7, 11) is 0. The second-order valence-electron chi connectivity index (χ2n) is 5.07. The average molecular weight is 339 g/mol. The minimum absolute atomic E-state index is 0.0146. The number of ether oxygens (including phenoxy) is 1. The fourth-order valence-electron chi connectivity index (χ4n) is 2.48. The summed E-state index contributed by atoms with van der Waals surface area (Å²) in [6.45, 7) is 1.55. The molecule has 0 amide bonds. The molecule has 25 heavy (non-hydrogen) atoms. The molecular weight excluding hydrogens is 324 g/mol. The lowest BCUT2D eigenvalue weighted by atomic mass is 9.77. The predicted octanol–water partition coefficient (Wildman–Crippen LogP) is 2.40. The lowest BCUT2D eigenvalue weighted by Crippen LogP contribution is -2.40. The number of benzene rings is 1. The van der Waals surface area contributed by atoms with Crippen LogP contribution in [0.1, 0.15) is 12.5 Å². The summed E-state index contributed by atoms with van der Waals surface area (Å²) in [5, 5.41) is 43.1. The van der Waals surface area contributed by atoms with E-state index in [2.05, 4.69) is 0 Å². The molecule has 1 atom stereocenters. The summed E-state index contributed by atoms with van der Waals surface area (Å²) in [5.41, 5.74) is -2.68. The highest BCUT2D eigenvalue weighted by atomic mass is 16.8. The molecule has 1 aromatic rings. The van der Waals surface area contributed by atoms with E-state index in [0.29, 0.717) is 0 Å². The predicted molar refractivity (Wildman–Crippen MR) is 90.3 cm³/mol. The molecule has 0 fully saturated rings. The fourth-order valence-corrected chi connectivity index (χ4v) is 2.48. The summed E-state index contributed by atoms with van der Waals surface area (Å²) < 4.78 is 4.98. The number of aliphatic hydroxyl groups is 1. The van der Waals surface area contributed by atoms with E-state index in [1.165, 1.54) is 36.4 Å². The van der Waals surface area contributed by atoms with Gasteiger partial charge in [-0.1, -0.05) is 42.5 Å². The molecule has 0 aromatic heterocycles. The number of carbonyl (C=O) groups excluding carboxylic acids is 1. The van der Waals surface area contributed by atoms with Gasteiger partial charge in [0, 0.05) is 6.08 Å². The van der Waals surface area contributed by atoms with Crippen molar-refractivity contribution in [1.29, 1.82) is 5.26 Å². The maximum absolute atomic E-state index is 12.6. The zero-order valence-corrected chi connectivity index (χ0v) is 13.4. The first-order valence-corrected chi connectivity index (χ1v) is 7.43. The van der Waals surface area contributed by atoms with Crippen molar-refractivity contribution >= 4 is 11.7 Å².